The van der Waals surface area contributed by atoms with Crippen LogP contribution in [-0.2, 0) is 7.05 Å². The third kappa shape index (κ3) is 3.75. The minimum atomic E-state index is -0.763. The monoisotopic (exact) mass is 433 g/mol. The molecule has 32 heavy (non-hydrogen) atoms. The molecule has 0 unspecified atom stereocenters. The Morgan fingerprint density at radius 1 is 0.719 bits per heavy atom. The summed E-state index contributed by atoms with van der Waals surface area (Å²) in [4.78, 5) is 12.9. The SMILES string of the molecule is COc1cc(OC)cc(-c2c(-c3ccccc3)cc(=O)n(C)c2-c2c(F)cccc2F)c1. The predicted molar refractivity (Wildman–Crippen MR) is 121 cm³/mol. The topological polar surface area (TPSA) is 40.5 Å². The Hall–Kier alpha value is -3.93. The van der Waals surface area contributed by atoms with Crippen molar-refractivity contribution in [2.24, 2.45) is 7.05 Å². The Kier molecular flexibility index (Phi) is 5.77. The van der Waals surface area contributed by atoms with Gasteiger partial charge in [-0.2, -0.15) is 0 Å². The Balaban J connectivity index is 2.21. The lowest BCUT2D eigenvalue weighted by Crippen LogP contribution is -2.20. The van der Waals surface area contributed by atoms with Crippen molar-refractivity contribution in [1.29, 1.82) is 0 Å². The van der Waals surface area contributed by atoms with Crippen molar-refractivity contribution >= 4 is 0 Å². The third-order valence-electron chi connectivity index (χ3n) is 5.36. The summed E-state index contributed by atoms with van der Waals surface area (Å²) >= 11 is 0. The maximum absolute atomic E-state index is 15.0. The molecule has 1 aromatic heterocycles. The van der Waals surface area contributed by atoms with Gasteiger partial charge >= 0.3 is 0 Å². The van der Waals surface area contributed by atoms with Crippen molar-refractivity contribution in [1.82, 2.24) is 4.57 Å². The Morgan fingerprint density at radius 3 is 1.88 bits per heavy atom. The number of benzene rings is 3. The van der Waals surface area contributed by atoms with Gasteiger partial charge in [0.1, 0.15) is 23.1 Å². The highest BCUT2D eigenvalue weighted by Gasteiger charge is 2.24. The highest BCUT2D eigenvalue weighted by molar-refractivity contribution is 5.93. The van der Waals surface area contributed by atoms with Gasteiger partial charge in [-0.05, 0) is 41.0 Å². The molecule has 4 aromatic rings. The maximum atomic E-state index is 15.0. The summed E-state index contributed by atoms with van der Waals surface area (Å²) in [5.74, 6) is -0.512. The summed E-state index contributed by atoms with van der Waals surface area (Å²) in [6.07, 6.45) is 0. The predicted octanol–water partition coefficient (Wildman–Crippen LogP) is 5.68. The summed E-state index contributed by atoms with van der Waals surface area (Å²) in [6.45, 7) is 0. The number of methoxy groups -OCH3 is 2. The van der Waals surface area contributed by atoms with Crippen LogP contribution in [0.5, 0.6) is 11.5 Å². The van der Waals surface area contributed by atoms with Crippen LogP contribution >= 0.6 is 0 Å². The molecule has 3 aromatic carbocycles. The van der Waals surface area contributed by atoms with Crippen molar-refractivity contribution in [3.05, 3.63) is 94.8 Å². The fourth-order valence-electron chi connectivity index (χ4n) is 3.80. The molecular weight excluding hydrogens is 412 g/mol. The lowest BCUT2D eigenvalue weighted by molar-refractivity contribution is 0.394. The van der Waals surface area contributed by atoms with Crippen LogP contribution in [0.4, 0.5) is 8.78 Å². The molecule has 0 radical (unpaired) electrons. The molecule has 0 aliphatic carbocycles. The number of hydrogen-bond acceptors (Lipinski definition) is 3. The van der Waals surface area contributed by atoms with E-state index in [2.05, 4.69) is 0 Å². The van der Waals surface area contributed by atoms with Gasteiger partial charge in [0.15, 0.2) is 0 Å². The van der Waals surface area contributed by atoms with E-state index in [0.29, 0.717) is 28.2 Å². The van der Waals surface area contributed by atoms with E-state index < -0.39 is 11.6 Å². The summed E-state index contributed by atoms with van der Waals surface area (Å²) < 4.78 is 42.0. The first kappa shape index (κ1) is 21.3. The van der Waals surface area contributed by atoms with Crippen LogP contribution in [0.2, 0.25) is 0 Å². The van der Waals surface area contributed by atoms with Gasteiger partial charge in [-0.25, -0.2) is 8.78 Å². The fraction of sp³-hybridized carbons (Fsp3) is 0.115. The zero-order valence-electron chi connectivity index (χ0n) is 17.9. The van der Waals surface area contributed by atoms with Gasteiger partial charge in [0.05, 0.1) is 25.5 Å². The molecule has 0 N–H and O–H groups in total. The van der Waals surface area contributed by atoms with Crippen LogP contribution in [-0.4, -0.2) is 18.8 Å². The van der Waals surface area contributed by atoms with Crippen LogP contribution in [0.15, 0.2) is 77.6 Å². The first-order chi connectivity index (χ1) is 15.4. The summed E-state index contributed by atoms with van der Waals surface area (Å²) in [5, 5.41) is 0. The number of nitrogens with zero attached hydrogens (tertiary/aromatic N) is 1. The van der Waals surface area contributed by atoms with Gasteiger partial charge in [0.2, 0.25) is 0 Å². The van der Waals surface area contributed by atoms with Crippen molar-refractivity contribution in [3.63, 3.8) is 0 Å². The number of rotatable bonds is 5. The average Bonchev–Trinajstić information content (AvgIpc) is 2.81. The molecule has 0 aliphatic rings. The average molecular weight is 433 g/mol. The Morgan fingerprint density at radius 2 is 1.31 bits per heavy atom. The minimum absolute atomic E-state index is 0.127. The second-order valence-electron chi connectivity index (χ2n) is 7.24. The van der Waals surface area contributed by atoms with Gasteiger partial charge in [-0.1, -0.05) is 36.4 Å². The largest absolute Gasteiger partial charge is 0.497 e. The number of halogens is 2. The van der Waals surface area contributed by atoms with E-state index in [0.717, 1.165) is 5.56 Å². The van der Waals surface area contributed by atoms with Crippen molar-refractivity contribution < 1.29 is 18.3 Å². The van der Waals surface area contributed by atoms with Gasteiger partial charge in [0, 0.05) is 24.7 Å². The van der Waals surface area contributed by atoms with Crippen molar-refractivity contribution in [2.75, 3.05) is 14.2 Å². The molecular formula is C26H21F2NO3. The molecule has 0 saturated heterocycles. The molecule has 1 heterocycles. The van der Waals surface area contributed by atoms with Crippen LogP contribution in [0.25, 0.3) is 33.5 Å². The minimum Gasteiger partial charge on any atom is -0.497 e. The molecule has 4 nitrogen and oxygen atoms in total. The first-order valence-electron chi connectivity index (χ1n) is 9.92. The molecule has 0 fully saturated rings. The Bertz CT molecular complexity index is 1310. The number of pyridine rings is 1. The first-order valence-corrected chi connectivity index (χ1v) is 9.92. The molecule has 0 atom stereocenters. The highest BCUT2D eigenvalue weighted by Crippen LogP contribution is 2.42. The van der Waals surface area contributed by atoms with Crippen LogP contribution in [0.1, 0.15) is 0 Å². The van der Waals surface area contributed by atoms with E-state index in [1.54, 1.807) is 18.2 Å². The van der Waals surface area contributed by atoms with Gasteiger partial charge < -0.3 is 14.0 Å². The summed E-state index contributed by atoms with van der Waals surface area (Å²) in [6, 6.07) is 19.5. The van der Waals surface area contributed by atoms with E-state index in [9.17, 15) is 13.6 Å². The molecule has 0 saturated carbocycles. The second-order valence-corrected chi connectivity index (χ2v) is 7.24. The molecule has 0 aliphatic heterocycles. The van der Waals surface area contributed by atoms with Crippen molar-refractivity contribution in [2.45, 2.75) is 0 Å². The normalized spacial score (nSPS) is 10.8. The lowest BCUT2D eigenvalue weighted by atomic mass is 9.90. The van der Waals surface area contributed by atoms with Gasteiger partial charge in [-0.3, -0.25) is 4.79 Å². The molecule has 162 valence electrons. The number of hydrogen-bond donors (Lipinski definition) is 0. The molecule has 6 heteroatoms. The van der Waals surface area contributed by atoms with Gasteiger partial charge in [-0.15, -0.1) is 0 Å². The van der Waals surface area contributed by atoms with Gasteiger partial charge in [0.25, 0.3) is 5.56 Å². The molecule has 0 spiro atoms. The number of aromatic nitrogens is 1. The van der Waals surface area contributed by atoms with Crippen LogP contribution in [0, 0.1) is 11.6 Å². The highest BCUT2D eigenvalue weighted by atomic mass is 19.1. The van der Waals surface area contributed by atoms with E-state index in [1.165, 1.54) is 50.1 Å². The summed E-state index contributed by atoms with van der Waals surface area (Å²) in [5.41, 5.74) is 1.82. The molecule has 0 amide bonds. The summed E-state index contributed by atoms with van der Waals surface area (Å²) in [7, 11) is 4.54. The standard InChI is InChI=1S/C26H21F2NO3/c1-29-23(30)15-20(16-8-5-4-6-9-16)24(17-12-18(31-2)14-19(13-17)32-3)26(29)25-21(27)10-7-11-22(25)28/h4-15H,1-3H3. The zero-order valence-corrected chi connectivity index (χ0v) is 17.9. The second kappa shape index (κ2) is 8.67. The zero-order chi connectivity index (χ0) is 22.8. The maximum Gasteiger partial charge on any atom is 0.251 e. The van der Waals surface area contributed by atoms with Crippen LogP contribution < -0.4 is 15.0 Å². The fourth-order valence-corrected chi connectivity index (χ4v) is 3.80. The lowest BCUT2D eigenvalue weighted by Gasteiger charge is -2.21. The smallest absolute Gasteiger partial charge is 0.251 e. The Labute approximate surface area is 184 Å². The number of ether oxygens (including phenoxy) is 2. The van der Waals surface area contributed by atoms with E-state index in [4.69, 9.17) is 9.47 Å². The quantitative estimate of drug-likeness (QED) is 0.407. The third-order valence-corrected chi connectivity index (χ3v) is 5.36. The molecule has 4 rings (SSSR count). The van der Waals surface area contributed by atoms with E-state index in [-0.39, 0.29) is 16.8 Å². The van der Waals surface area contributed by atoms with Crippen LogP contribution in [0.3, 0.4) is 0 Å². The van der Waals surface area contributed by atoms with E-state index >= 15 is 0 Å². The van der Waals surface area contributed by atoms with E-state index in [1.807, 2.05) is 30.3 Å². The molecule has 0 bridgehead atoms. The van der Waals surface area contributed by atoms with Crippen molar-refractivity contribution in [3.8, 4) is 45.0 Å².